The van der Waals surface area contributed by atoms with Gasteiger partial charge >= 0.3 is 0 Å². The number of likely N-dealkylation sites (tertiary alicyclic amines) is 1. The predicted octanol–water partition coefficient (Wildman–Crippen LogP) is 1.71. The van der Waals surface area contributed by atoms with Gasteiger partial charge in [0.1, 0.15) is 5.60 Å². The first kappa shape index (κ1) is 16.6. The zero-order valence-electron chi connectivity index (χ0n) is 11.3. The average Bonchev–Trinajstić information content (AvgIpc) is 2.33. The minimum atomic E-state index is -1.31. The Morgan fingerprint density at radius 2 is 1.95 bits per heavy atom. The third kappa shape index (κ3) is 3.15. The smallest absolute Gasteiger partial charge is 0.269 e. The van der Waals surface area contributed by atoms with Crippen LogP contribution in [0.1, 0.15) is 24.9 Å². The molecule has 2 rings (SSSR count). The van der Waals surface area contributed by atoms with E-state index in [4.69, 9.17) is 0 Å². The number of nitro groups is 1. The lowest BCUT2D eigenvalue weighted by Crippen LogP contribution is -2.52. The fourth-order valence-electron chi connectivity index (χ4n) is 2.43. The zero-order chi connectivity index (χ0) is 14.2. The molecule has 6 nitrogen and oxygen atoms in total. The molecule has 1 aliphatic heterocycles. The molecule has 0 unspecified atom stereocenters. The molecule has 0 aliphatic carbocycles. The predicted molar refractivity (Wildman–Crippen MR) is 76.0 cm³/mol. The van der Waals surface area contributed by atoms with Crippen LogP contribution in [0.15, 0.2) is 24.3 Å². The van der Waals surface area contributed by atoms with E-state index in [9.17, 15) is 20.0 Å². The summed E-state index contributed by atoms with van der Waals surface area (Å²) in [6.45, 7) is 1.77. The Kier molecular flexibility index (Phi) is 4.86. The van der Waals surface area contributed by atoms with Gasteiger partial charge in [0.25, 0.3) is 5.69 Å². The fraction of sp³-hybridized carbons (Fsp3) is 0.462. The maximum atomic E-state index is 11.8. The van der Waals surface area contributed by atoms with Gasteiger partial charge in [-0.25, -0.2) is 0 Å². The molecule has 0 aromatic heterocycles. The van der Waals surface area contributed by atoms with E-state index in [1.165, 1.54) is 19.1 Å². The van der Waals surface area contributed by atoms with Crippen LogP contribution in [-0.4, -0.2) is 39.9 Å². The molecule has 1 saturated heterocycles. The standard InChI is InChI=1S/C13H16N2O4.ClH/c1-13(17)8-14(2)11(7-12(13)16)9-3-5-10(6-4-9)15(18)19;/h3-6,11,17H,7-8H2,1-2H3;1H/t11-,13+;/m0./s1. The summed E-state index contributed by atoms with van der Waals surface area (Å²) >= 11 is 0. The normalized spacial score (nSPS) is 26.9. The molecule has 1 aromatic carbocycles. The second-order valence-corrected chi connectivity index (χ2v) is 5.18. The number of likely N-dealkylation sites (N-methyl/N-ethyl adjacent to an activating group) is 1. The van der Waals surface area contributed by atoms with Crippen molar-refractivity contribution in [1.29, 1.82) is 0 Å². The minimum Gasteiger partial charge on any atom is -0.381 e. The highest BCUT2D eigenvalue weighted by molar-refractivity contribution is 5.88. The number of hydrogen-bond donors (Lipinski definition) is 1. The summed E-state index contributed by atoms with van der Waals surface area (Å²) in [6.07, 6.45) is 0.210. The van der Waals surface area contributed by atoms with Crippen LogP contribution in [0.5, 0.6) is 0 Å². The molecular weight excluding hydrogens is 284 g/mol. The van der Waals surface area contributed by atoms with E-state index < -0.39 is 10.5 Å². The molecule has 110 valence electrons. The minimum absolute atomic E-state index is 0. The number of aliphatic hydroxyl groups is 1. The van der Waals surface area contributed by atoms with Gasteiger partial charge in [-0.05, 0) is 19.5 Å². The molecule has 0 bridgehead atoms. The summed E-state index contributed by atoms with van der Waals surface area (Å²) in [5, 5.41) is 20.5. The van der Waals surface area contributed by atoms with Crippen molar-refractivity contribution in [2.75, 3.05) is 13.6 Å². The number of rotatable bonds is 2. The topological polar surface area (TPSA) is 83.7 Å². The van der Waals surface area contributed by atoms with Gasteiger partial charge in [0.2, 0.25) is 0 Å². The van der Waals surface area contributed by atoms with Gasteiger partial charge in [-0.15, -0.1) is 12.4 Å². The van der Waals surface area contributed by atoms with Crippen molar-refractivity contribution in [3.63, 3.8) is 0 Å². The van der Waals surface area contributed by atoms with Crippen molar-refractivity contribution in [3.8, 4) is 0 Å². The highest BCUT2D eigenvalue weighted by atomic mass is 35.5. The van der Waals surface area contributed by atoms with Crippen molar-refractivity contribution in [2.45, 2.75) is 25.0 Å². The molecule has 1 fully saturated rings. The van der Waals surface area contributed by atoms with E-state index in [-0.39, 0.29) is 42.9 Å². The lowest BCUT2D eigenvalue weighted by atomic mass is 9.86. The van der Waals surface area contributed by atoms with E-state index >= 15 is 0 Å². The van der Waals surface area contributed by atoms with Gasteiger partial charge in [0.05, 0.1) is 4.92 Å². The molecule has 1 N–H and O–H groups in total. The van der Waals surface area contributed by atoms with Gasteiger partial charge in [-0.2, -0.15) is 0 Å². The maximum Gasteiger partial charge on any atom is 0.269 e. The average molecular weight is 301 g/mol. The highest BCUT2D eigenvalue weighted by Crippen LogP contribution is 2.32. The molecule has 0 saturated carbocycles. The third-order valence-electron chi connectivity index (χ3n) is 3.56. The Morgan fingerprint density at radius 1 is 1.40 bits per heavy atom. The third-order valence-corrected chi connectivity index (χ3v) is 3.56. The molecule has 1 aliphatic rings. The SMILES string of the molecule is CN1C[C@@](C)(O)C(=O)C[C@H]1c1ccc([N+](=O)[O-])cc1.Cl. The number of Topliss-reactive ketones (excluding diaryl/α,β-unsaturated/α-hetero) is 1. The van der Waals surface area contributed by atoms with Gasteiger partial charge in [0, 0.05) is 31.1 Å². The van der Waals surface area contributed by atoms with Crippen LogP contribution < -0.4 is 0 Å². The molecule has 0 spiro atoms. The van der Waals surface area contributed by atoms with Crippen LogP contribution in [0.2, 0.25) is 0 Å². The number of β-amino-alcohol motifs (C(OH)–C–C–N with tert-alkyl or cyclic N) is 1. The second-order valence-electron chi connectivity index (χ2n) is 5.18. The monoisotopic (exact) mass is 300 g/mol. The number of halogens is 1. The molecule has 0 amide bonds. The number of piperidine rings is 1. The zero-order valence-corrected chi connectivity index (χ0v) is 12.1. The number of nitro benzene ring substituents is 1. The first-order valence-electron chi connectivity index (χ1n) is 6.01. The Bertz CT molecular complexity index is 516. The quantitative estimate of drug-likeness (QED) is 0.664. The lowest BCUT2D eigenvalue weighted by Gasteiger charge is -2.39. The number of carbonyl (C=O) groups excluding carboxylic acids is 1. The van der Waals surface area contributed by atoms with E-state index in [1.807, 2.05) is 11.9 Å². The molecule has 1 heterocycles. The highest BCUT2D eigenvalue weighted by Gasteiger charge is 2.40. The van der Waals surface area contributed by atoms with E-state index in [2.05, 4.69) is 0 Å². The second kappa shape index (κ2) is 5.87. The molecule has 1 aromatic rings. The van der Waals surface area contributed by atoms with Gasteiger partial charge in [-0.3, -0.25) is 19.8 Å². The van der Waals surface area contributed by atoms with Crippen molar-refractivity contribution < 1.29 is 14.8 Å². The van der Waals surface area contributed by atoms with E-state index in [0.29, 0.717) is 0 Å². The van der Waals surface area contributed by atoms with Crippen molar-refractivity contribution in [3.05, 3.63) is 39.9 Å². The Labute approximate surface area is 123 Å². The number of non-ortho nitro benzene ring substituents is 1. The summed E-state index contributed by atoms with van der Waals surface area (Å²) in [6, 6.07) is 6.04. The van der Waals surface area contributed by atoms with Crippen LogP contribution in [0.4, 0.5) is 5.69 Å². The van der Waals surface area contributed by atoms with Gasteiger partial charge < -0.3 is 5.11 Å². The van der Waals surface area contributed by atoms with Gasteiger partial charge in [0.15, 0.2) is 5.78 Å². The van der Waals surface area contributed by atoms with Crippen LogP contribution in [0, 0.1) is 10.1 Å². The van der Waals surface area contributed by atoms with Crippen molar-refractivity contribution in [1.82, 2.24) is 4.90 Å². The van der Waals surface area contributed by atoms with Crippen LogP contribution in [0.25, 0.3) is 0 Å². The number of ketones is 1. The number of hydrogen-bond acceptors (Lipinski definition) is 5. The lowest BCUT2D eigenvalue weighted by molar-refractivity contribution is -0.384. The number of benzene rings is 1. The van der Waals surface area contributed by atoms with Crippen LogP contribution >= 0.6 is 12.4 Å². The van der Waals surface area contributed by atoms with E-state index in [0.717, 1.165) is 5.56 Å². The first-order chi connectivity index (χ1) is 8.81. The number of carbonyl (C=O) groups is 1. The summed E-state index contributed by atoms with van der Waals surface area (Å²) in [5.41, 5.74) is -0.441. The fourth-order valence-corrected chi connectivity index (χ4v) is 2.43. The van der Waals surface area contributed by atoms with E-state index in [1.54, 1.807) is 12.1 Å². The first-order valence-corrected chi connectivity index (χ1v) is 6.01. The summed E-state index contributed by atoms with van der Waals surface area (Å²) in [4.78, 5) is 23.9. The maximum absolute atomic E-state index is 11.8. The Morgan fingerprint density at radius 3 is 2.45 bits per heavy atom. The summed E-state index contributed by atoms with van der Waals surface area (Å²) in [5.74, 6) is -0.200. The Balaban J connectivity index is 0.00000200. The molecule has 2 atom stereocenters. The molecule has 20 heavy (non-hydrogen) atoms. The van der Waals surface area contributed by atoms with Crippen LogP contribution in [0.3, 0.4) is 0 Å². The van der Waals surface area contributed by atoms with Gasteiger partial charge in [-0.1, -0.05) is 12.1 Å². The Hall–Kier alpha value is -1.50. The van der Waals surface area contributed by atoms with Crippen LogP contribution in [-0.2, 0) is 4.79 Å². The van der Waals surface area contributed by atoms with Crippen molar-refractivity contribution >= 4 is 23.9 Å². The molecule has 0 radical (unpaired) electrons. The molecule has 7 heteroatoms. The molecular formula is C13H17ClN2O4. The summed E-state index contributed by atoms with van der Waals surface area (Å²) in [7, 11) is 1.83. The summed E-state index contributed by atoms with van der Waals surface area (Å²) < 4.78 is 0. The number of nitrogens with zero attached hydrogens (tertiary/aromatic N) is 2. The van der Waals surface area contributed by atoms with Crippen molar-refractivity contribution in [2.24, 2.45) is 0 Å². The largest absolute Gasteiger partial charge is 0.381 e.